The molecule has 2 nitrogen and oxygen atoms in total. The maximum Gasteiger partial charge on any atom is 0.331 e. The molecule has 0 atom stereocenters. The molecular formula is C26H40O2. The summed E-state index contributed by atoms with van der Waals surface area (Å²) in [6.07, 6.45) is 17.2. The predicted molar refractivity (Wildman–Crippen MR) is 119 cm³/mol. The fourth-order valence-electron chi connectivity index (χ4n) is 4.20. The molecule has 1 aromatic carbocycles. The molecule has 0 amide bonds. The van der Waals surface area contributed by atoms with Gasteiger partial charge in [0.05, 0.1) is 0 Å². The second-order valence-corrected chi connectivity index (χ2v) is 9.45. The third-order valence-electron chi connectivity index (χ3n) is 5.79. The Balaban J connectivity index is 1.74. The van der Waals surface area contributed by atoms with Crippen molar-refractivity contribution in [2.75, 3.05) is 0 Å². The second-order valence-electron chi connectivity index (χ2n) is 9.45. The molecule has 28 heavy (non-hydrogen) atoms. The Morgan fingerprint density at radius 1 is 1.00 bits per heavy atom. The van der Waals surface area contributed by atoms with E-state index in [1.807, 2.05) is 26.8 Å². The third kappa shape index (κ3) is 8.63. The van der Waals surface area contributed by atoms with E-state index in [0.29, 0.717) is 5.92 Å². The van der Waals surface area contributed by atoms with Crippen LogP contribution in [0.4, 0.5) is 0 Å². The third-order valence-corrected chi connectivity index (χ3v) is 5.79. The van der Waals surface area contributed by atoms with Crippen LogP contribution in [0.25, 0.3) is 6.08 Å². The van der Waals surface area contributed by atoms with Crippen LogP contribution < -0.4 is 0 Å². The van der Waals surface area contributed by atoms with Crippen molar-refractivity contribution in [2.24, 2.45) is 5.92 Å². The van der Waals surface area contributed by atoms with Crippen molar-refractivity contribution in [1.29, 1.82) is 0 Å². The molecule has 2 rings (SSSR count). The summed E-state index contributed by atoms with van der Waals surface area (Å²) in [5.41, 5.74) is 2.06. The van der Waals surface area contributed by atoms with Crippen LogP contribution in [0.15, 0.2) is 30.3 Å². The Morgan fingerprint density at radius 3 is 2.25 bits per heavy atom. The van der Waals surface area contributed by atoms with E-state index in [0.717, 1.165) is 11.5 Å². The van der Waals surface area contributed by atoms with Gasteiger partial charge in [0, 0.05) is 6.08 Å². The number of carbonyl (C=O) groups is 1. The predicted octanol–water partition coefficient (Wildman–Crippen LogP) is 7.68. The van der Waals surface area contributed by atoms with Crippen LogP contribution in [0.3, 0.4) is 0 Å². The lowest BCUT2D eigenvalue weighted by molar-refractivity contribution is -0.148. The average molecular weight is 385 g/mol. The van der Waals surface area contributed by atoms with Crippen molar-refractivity contribution < 1.29 is 9.53 Å². The van der Waals surface area contributed by atoms with Gasteiger partial charge in [-0.2, -0.15) is 0 Å². The summed E-state index contributed by atoms with van der Waals surface area (Å²) in [7, 11) is 0. The lowest BCUT2D eigenvalue weighted by Crippen LogP contribution is -2.22. The lowest BCUT2D eigenvalue weighted by atomic mass is 9.77. The van der Waals surface area contributed by atoms with Gasteiger partial charge in [0.15, 0.2) is 0 Å². The summed E-state index contributed by atoms with van der Waals surface area (Å²) < 4.78 is 5.31. The van der Waals surface area contributed by atoms with Crippen molar-refractivity contribution in [1.82, 2.24) is 0 Å². The fourth-order valence-corrected chi connectivity index (χ4v) is 4.20. The van der Waals surface area contributed by atoms with Crippen LogP contribution in [-0.2, 0) is 9.53 Å². The summed E-state index contributed by atoms with van der Waals surface area (Å²) in [6.45, 7) is 7.93. The monoisotopic (exact) mass is 384 g/mol. The highest BCUT2D eigenvalue weighted by molar-refractivity contribution is 5.87. The van der Waals surface area contributed by atoms with Gasteiger partial charge in [-0.25, -0.2) is 4.79 Å². The van der Waals surface area contributed by atoms with E-state index in [9.17, 15) is 4.79 Å². The minimum absolute atomic E-state index is 0.287. The Morgan fingerprint density at radius 2 is 1.64 bits per heavy atom. The molecule has 0 saturated heterocycles. The molecule has 1 saturated carbocycles. The van der Waals surface area contributed by atoms with Gasteiger partial charge < -0.3 is 4.74 Å². The molecule has 1 aliphatic rings. The smallest absolute Gasteiger partial charge is 0.331 e. The number of rotatable bonds is 9. The van der Waals surface area contributed by atoms with Gasteiger partial charge in [0.1, 0.15) is 5.60 Å². The first-order chi connectivity index (χ1) is 13.4. The number of unbranched alkanes of at least 4 members (excludes halogenated alkanes) is 4. The van der Waals surface area contributed by atoms with E-state index >= 15 is 0 Å². The van der Waals surface area contributed by atoms with Gasteiger partial charge in [-0.1, -0.05) is 69.7 Å². The Hall–Kier alpha value is -1.57. The summed E-state index contributed by atoms with van der Waals surface area (Å²) in [4.78, 5) is 11.8. The standard InChI is InChI=1S/C26H40O2/c1-5-6-7-8-9-10-21-11-16-23(17-12-21)24-18-13-22(14-19-24)15-20-25(27)28-26(2,3)4/h13-15,18-21,23H,5-12,16-17H2,1-4H3/b20-15+. The molecule has 0 spiro atoms. The maximum absolute atomic E-state index is 11.8. The zero-order valence-corrected chi connectivity index (χ0v) is 18.5. The molecule has 0 heterocycles. The molecule has 1 fully saturated rings. The van der Waals surface area contributed by atoms with Crippen molar-refractivity contribution in [2.45, 2.75) is 103 Å². The minimum Gasteiger partial charge on any atom is -0.457 e. The van der Waals surface area contributed by atoms with Gasteiger partial charge in [-0.05, 0) is 75.5 Å². The van der Waals surface area contributed by atoms with E-state index in [-0.39, 0.29) is 5.97 Å². The Labute approximate surface area is 172 Å². The average Bonchev–Trinajstić information content (AvgIpc) is 2.66. The molecule has 0 N–H and O–H groups in total. The molecule has 1 aromatic rings. The van der Waals surface area contributed by atoms with Crippen molar-refractivity contribution in [3.63, 3.8) is 0 Å². The number of esters is 1. The van der Waals surface area contributed by atoms with Crippen LogP contribution in [0.5, 0.6) is 0 Å². The van der Waals surface area contributed by atoms with E-state index in [1.54, 1.807) is 0 Å². The zero-order chi connectivity index (χ0) is 20.4. The number of hydrogen-bond donors (Lipinski definition) is 0. The van der Waals surface area contributed by atoms with Gasteiger partial charge in [-0.15, -0.1) is 0 Å². The second kappa shape index (κ2) is 11.4. The highest BCUT2D eigenvalue weighted by atomic mass is 16.6. The van der Waals surface area contributed by atoms with Gasteiger partial charge in [0.2, 0.25) is 0 Å². The lowest BCUT2D eigenvalue weighted by Gasteiger charge is -2.29. The highest BCUT2D eigenvalue weighted by Crippen LogP contribution is 2.37. The first-order valence-corrected chi connectivity index (χ1v) is 11.4. The number of benzene rings is 1. The molecule has 0 aromatic heterocycles. The highest BCUT2D eigenvalue weighted by Gasteiger charge is 2.22. The summed E-state index contributed by atoms with van der Waals surface area (Å²) in [5.74, 6) is 1.37. The fraction of sp³-hybridized carbons (Fsp3) is 0.654. The summed E-state index contributed by atoms with van der Waals surface area (Å²) >= 11 is 0. The molecule has 0 unspecified atom stereocenters. The van der Waals surface area contributed by atoms with Crippen LogP contribution in [0.1, 0.15) is 109 Å². The summed E-state index contributed by atoms with van der Waals surface area (Å²) in [5, 5.41) is 0. The largest absolute Gasteiger partial charge is 0.457 e. The molecule has 0 radical (unpaired) electrons. The van der Waals surface area contributed by atoms with Crippen LogP contribution in [-0.4, -0.2) is 11.6 Å². The SMILES string of the molecule is CCCCCCCC1CCC(c2ccc(/C=C/C(=O)OC(C)(C)C)cc2)CC1. The van der Waals surface area contributed by atoms with Gasteiger partial charge in [-0.3, -0.25) is 0 Å². The van der Waals surface area contributed by atoms with E-state index in [4.69, 9.17) is 4.74 Å². The topological polar surface area (TPSA) is 26.3 Å². The van der Waals surface area contributed by atoms with Crippen molar-refractivity contribution in [3.05, 3.63) is 41.5 Å². The van der Waals surface area contributed by atoms with E-state index in [2.05, 4.69) is 31.2 Å². The summed E-state index contributed by atoms with van der Waals surface area (Å²) in [6, 6.07) is 8.72. The van der Waals surface area contributed by atoms with Crippen LogP contribution in [0.2, 0.25) is 0 Å². The Kier molecular flexibility index (Phi) is 9.28. The van der Waals surface area contributed by atoms with Crippen LogP contribution in [0, 0.1) is 5.92 Å². The van der Waals surface area contributed by atoms with Gasteiger partial charge >= 0.3 is 5.97 Å². The first kappa shape index (κ1) is 22.7. The molecule has 0 bridgehead atoms. The van der Waals surface area contributed by atoms with Crippen molar-refractivity contribution >= 4 is 12.0 Å². The quantitative estimate of drug-likeness (QED) is 0.248. The number of ether oxygens (including phenoxy) is 1. The molecular weight excluding hydrogens is 344 g/mol. The first-order valence-electron chi connectivity index (χ1n) is 11.4. The normalized spacial score (nSPS) is 20.4. The zero-order valence-electron chi connectivity index (χ0n) is 18.5. The number of hydrogen-bond acceptors (Lipinski definition) is 2. The molecule has 156 valence electrons. The number of carbonyl (C=O) groups excluding carboxylic acids is 1. The molecule has 0 aliphatic heterocycles. The van der Waals surface area contributed by atoms with E-state index in [1.165, 1.54) is 75.8 Å². The van der Waals surface area contributed by atoms with Crippen molar-refractivity contribution in [3.8, 4) is 0 Å². The molecule has 1 aliphatic carbocycles. The Bertz CT molecular complexity index is 598. The van der Waals surface area contributed by atoms with Crippen LogP contribution >= 0.6 is 0 Å². The molecule has 2 heteroatoms. The van der Waals surface area contributed by atoms with Gasteiger partial charge in [0.25, 0.3) is 0 Å². The van der Waals surface area contributed by atoms with E-state index < -0.39 is 5.60 Å². The minimum atomic E-state index is -0.445. The maximum atomic E-state index is 11.8.